The molecule has 2 aromatic heterocycles. The van der Waals surface area contributed by atoms with Crippen molar-refractivity contribution in [3.8, 4) is 5.75 Å². The maximum atomic E-state index is 12.3. The molecule has 0 spiro atoms. The number of carbonyl (C=O) groups is 1. The number of rotatable bonds is 3. The third-order valence-electron chi connectivity index (χ3n) is 6.09. The van der Waals surface area contributed by atoms with Gasteiger partial charge in [0.25, 0.3) is 5.91 Å². The molecular weight excluding hydrogens is 370 g/mol. The van der Waals surface area contributed by atoms with E-state index in [0.717, 1.165) is 28.6 Å². The third kappa shape index (κ3) is 2.89. The molecule has 4 atom stereocenters. The fraction of sp³-hybridized carbons (Fsp3) is 0.364. The van der Waals surface area contributed by atoms with Gasteiger partial charge in [0.1, 0.15) is 29.7 Å². The minimum atomic E-state index is -1.07. The van der Waals surface area contributed by atoms with Crippen molar-refractivity contribution in [3.63, 3.8) is 0 Å². The molecule has 29 heavy (non-hydrogen) atoms. The van der Waals surface area contributed by atoms with Crippen LogP contribution in [0.2, 0.25) is 0 Å². The summed E-state index contributed by atoms with van der Waals surface area (Å²) in [7, 11) is 0. The fourth-order valence-electron chi connectivity index (χ4n) is 4.52. The van der Waals surface area contributed by atoms with Gasteiger partial charge < -0.3 is 24.8 Å². The van der Waals surface area contributed by atoms with E-state index in [0.29, 0.717) is 24.3 Å². The number of aliphatic hydroxyl groups excluding tert-OH is 2. The van der Waals surface area contributed by atoms with Gasteiger partial charge in [-0.1, -0.05) is 12.1 Å². The number of aliphatic hydroxyl groups is 2. The first-order valence-corrected chi connectivity index (χ1v) is 9.89. The van der Waals surface area contributed by atoms with Crippen LogP contribution in [0.1, 0.15) is 33.9 Å². The molecule has 1 aromatic carbocycles. The summed E-state index contributed by atoms with van der Waals surface area (Å²) in [6, 6.07) is 9.07. The van der Waals surface area contributed by atoms with E-state index in [4.69, 9.17) is 4.74 Å². The number of nitrogens with one attached hydrogen (secondary N) is 1. The van der Waals surface area contributed by atoms with Crippen LogP contribution >= 0.6 is 0 Å². The Morgan fingerprint density at radius 1 is 1.21 bits per heavy atom. The van der Waals surface area contributed by atoms with Gasteiger partial charge in [0.2, 0.25) is 0 Å². The van der Waals surface area contributed by atoms with Crippen LogP contribution in [0.15, 0.2) is 42.7 Å². The number of ether oxygens (including phenoxy) is 1. The number of fused-ring (bicyclic) bond motifs is 2. The number of carbonyl (C=O) groups excluding carboxylic acids is 1. The Morgan fingerprint density at radius 3 is 2.93 bits per heavy atom. The zero-order valence-electron chi connectivity index (χ0n) is 16.1. The second-order valence-corrected chi connectivity index (χ2v) is 7.82. The van der Waals surface area contributed by atoms with Crippen LogP contribution in [0.5, 0.6) is 5.75 Å². The van der Waals surface area contributed by atoms with Crippen LogP contribution in [-0.4, -0.2) is 50.5 Å². The van der Waals surface area contributed by atoms with Crippen molar-refractivity contribution in [1.29, 1.82) is 0 Å². The van der Waals surface area contributed by atoms with Crippen LogP contribution in [0.25, 0.3) is 11.0 Å². The van der Waals surface area contributed by atoms with Gasteiger partial charge in [0.15, 0.2) is 0 Å². The minimum Gasteiger partial charge on any atom is -0.487 e. The SMILES string of the molecule is Cc1ccnc2c1ccn2[C@@H]1C[C@H](Oc2cccc3c2C(=O)NCC3)[C@@H](O)[C@H]1O. The van der Waals surface area contributed by atoms with Crippen LogP contribution in [-0.2, 0) is 6.42 Å². The largest absolute Gasteiger partial charge is 0.487 e. The second kappa shape index (κ2) is 6.86. The number of benzene rings is 1. The summed E-state index contributed by atoms with van der Waals surface area (Å²) < 4.78 is 8.00. The Balaban J connectivity index is 1.45. The van der Waals surface area contributed by atoms with E-state index in [1.165, 1.54) is 0 Å². The molecule has 1 aliphatic heterocycles. The molecule has 150 valence electrons. The van der Waals surface area contributed by atoms with Crippen molar-refractivity contribution < 1.29 is 19.7 Å². The first-order valence-electron chi connectivity index (χ1n) is 9.89. The summed E-state index contributed by atoms with van der Waals surface area (Å²) in [4.78, 5) is 16.8. The molecule has 1 aliphatic carbocycles. The van der Waals surface area contributed by atoms with Crippen LogP contribution in [0, 0.1) is 6.92 Å². The molecule has 1 saturated carbocycles. The topological polar surface area (TPSA) is 96.6 Å². The normalized spacial score (nSPS) is 26.4. The molecule has 1 fully saturated rings. The second-order valence-electron chi connectivity index (χ2n) is 7.82. The highest BCUT2D eigenvalue weighted by molar-refractivity contribution is 5.99. The van der Waals surface area contributed by atoms with Crippen LogP contribution in [0.3, 0.4) is 0 Å². The molecule has 0 radical (unpaired) electrons. The van der Waals surface area contributed by atoms with Gasteiger partial charge >= 0.3 is 0 Å². The van der Waals surface area contributed by atoms with Crippen molar-refractivity contribution in [2.24, 2.45) is 0 Å². The minimum absolute atomic E-state index is 0.164. The number of amides is 1. The summed E-state index contributed by atoms with van der Waals surface area (Å²) in [6.45, 7) is 2.62. The molecule has 7 heteroatoms. The fourth-order valence-corrected chi connectivity index (χ4v) is 4.52. The summed E-state index contributed by atoms with van der Waals surface area (Å²) in [5, 5.41) is 25.3. The molecule has 7 nitrogen and oxygen atoms in total. The van der Waals surface area contributed by atoms with E-state index in [2.05, 4.69) is 10.3 Å². The molecule has 0 bridgehead atoms. The summed E-state index contributed by atoms with van der Waals surface area (Å²) in [6.07, 6.45) is 2.11. The lowest BCUT2D eigenvalue weighted by Gasteiger charge is -2.23. The Hall–Kier alpha value is -2.90. The zero-order chi connectivity index (χ0) is 20.1. The molecule has 0 saturated heterocycles. The van der Waals surface area contributed by atoms with Gasteiger partial charge in [-0.3, -0.25) is 4.79 Å². The zero-order valence-corrected chi connectivity index (χ0v) is 16.1. The number of pyridine rings is 1. The van der Waals surface area contributed by atoms with Crippen molar-refractivity contribution in [2.45, 2.75) is 44.1 Å². The van der Waals surface area contributed by atoms with Crippen molar-refractivity contribution in [2.75, 3.05) is 6.54 Å². The lowest BCUT2D eigenvalue weighted by Crippen LogP contribution is -2.36. The highest BCUT2D eigenvalue weighted by Crippen LogP contribution is 2.37. The molecular formula is C22H23N3O4. The standard InChI is InChI=1S/C22H23N3O4/c1-12-5-8-23-21-14(12)7-10-25(21)15-11-17(20(27)19(15)26)29-16-4-2-3-13-6-9-24-22(28)18(13)16/h2-5,7-8,10,15,17,19-20,26-27H,6,9,11H2,1H3,(H,24,28)/t15-,17+,19+,20-/m1/s1. The van der Waals surface area contributed by atoms with Gasteiger partial charge in [-0.25, -0.2) is 4.98 Å². The number of aromatic nitrogens is 2. The Bertz CT molecular complexity index is 1090. The molecule has 3 heterocycles. The summed E-state index contributed by atoms with van der Waals surface area (Å²) >= 11 is 0. The lowest BCUT2D eigenvalue weighted by molar-refractivity contribution is -0.0165. The Kier molecular flexibility index (Phi) is 4.29. The third-order valence-corrected chi connectivity index (χ3v) is 6.09. The van der Waals surface area contributed by atoms with E-state index in [-0.39, 0.29) is 11.9 Å². The van der Waals surface area contributed by atoms with Gasteiger partial charge in [-0.2, -0.15) is 0 Å². The number of aryl methyl sites for hydroxylation is 1. The summed E-state index contributed by atoms with van der Waals surface area (Å²) in [5.74, 6) is 0.283. The first kappa shape index (κ1) is 18.1. The van der Waals surface area contributed by atoms with E-state index < -0.39 is 18.3 Å². The maximum absolute atomic E-state index is 12.3. The smallest absolute Gasteiger partial charge is 0.255 e. The van der Waals surface area contributed by atoms with Crippen molar-refractivity contribution >= 4 is 16.9 Å². The molecule has 5 rings (SSSR count). The lowest BCUT2D eigenvalue weighted by atomic mass is 9.99. The maximum Gasteiger partial charge on any atom is 0.255 e. The predicted octanol–water partition coefficient (Wildman–Crippen LogP) is 1.74. The quantitative estimate of drug-likeness (QED) is 0.630. The van der Waals surface area contributed by atoms with Crippen molar-refractivity contribution in [1.82, 2.24) is 14.9 Å². The van der Waals surface area contributed by atoms with Crippen LogP contribution < -0.4 is 10.1 Å². The van der Waals surface area contributed by atoms with Gasteiger partial charge in [0.05, 0.1) is 11.6 Å². The highest BCUT2D eigenvalue weighted by Gasteiger charge is 2.44. The molecule has 0 unspecified atom stereocenters. The van der Waals surface area contributed by atoms with Gasteiger partial charge in [-0.15, -0.1) is 0 Å². The van der Waals surface area contributed by atoms with Gasteiger partial charge in [0, 0.05) is 30.7 Å². The Labute approximate surface area is 167 Å². The Morgan fingerprint density at radius 2 is 2.07 bits per heavy atom. The van der Waals surface area contributed by atoms with E-state index in [9.17, 15) is 15.0 Å². The highest BCUT2D eigenvalue weighted by atomic mass is 16.5. The molecule has 3 N–H and O–H groups in total. The van der Waals surface area contributed by atoms with Gasteiger partial charge in [-0.05, 0) is 42.7 Å². The number of nitrogens with zero attached hydrogens (tertiary/aromatic N) is 2. The average Bonchev–Trinajstić information content (AvgIpc) is 3.26. The average molecular weight is 393 g/mol. The van der Waals surface area contributed by atoms with E-state index >= 15 is 0 Å². The first-order chi connectivity index (χ1) is 14.0. The molecule has 3 aromatic rings. The number of hydrogen-bond acceptors (Lipinski definition) is 5. The van der Waals surface area contributed by atoms with E-state index in [1.54, 1.807) is 12.3 Å². The van der Waals surface area contributed by atoms with Crippen LogP contribution in [0.4, 0.5) is 0 Å². The van der Waals surface area contributed by atoms with E-state index in [1.807, 2.05) is 42.0 Å². The number of hydrogen-bond donors (Lipinski definition) is 3. The molecule has 1 amide bonds. The predicted molar refractivity (Wildman–Crippen MR) is 107 cm³/mol. The van der Waals surface area contributed by atoms with Crippen molar-refractivity contribution in [3.05, 3.63) is 59.4 Å². The molecule has 2 aliphatic rings. The summed E-state index contributed by atoms with van der Waals surface area (Å²) in [5.41, 5.74) is 3.34. The monoisotopic (exact) mass is 393 g/mol.